The number of halogens is 2. The average molecular weight is 549 g/mol. The lowest BCUT2D eigenvalue weighted by Crippen LogP contribution is -2.49. The SMILES string of the molecule is CCNC(=NCC1CCCS1)NCCC(=O)N1CCN(c2ccc(F)cc2)CC1.I. The van der Waals surface area contributed by atoms with E-state index in [1.165, 1.54) is 30.7 Å². The standard InChI is InChI=1S/C21H32FN5OS.HI/c1-2-23-21(25-16-19-4-3-15-29-19)24-10-9-20(28)27-13-11-26(12-14-27)18-7-5-17(22)6-8-18;/h5-8,19H,2-4,9-16H2,1H3,(H2,23,24,25);1H. The molecule has 0 radical (unpaired) electrons. The predicted molar refractivity (Wildman–Crippen MR) is 135 cm³/mol. The minimum Gasteiger partial charge on any atom is -0.368 e. The highest BCUT2D eigenvalue weighted by Gasteiger charge is 2.21. The second-order valence-corrected chi connectivity index (χ2v) is 8.78. The lowest BCUT2D eigenvalue weighted by Gasteiger charge is -2.36. The van der Waals surface area contributed by atoms with Crippen LogP contribution in [0.4, 0.5) is 10.1 Å². The molecule has 0 spiro atoms. The normalized spacial score (nSPS) is 19.4. The summed E-state index contributed by atoms with van der Waals surface area (Å²) >= 11 is 2.00. The van der Waals surface area contributed by atoms with Crippen LogP contribution in [0.3, 0.4) is 0 Å². The van der Waals surface area contributed by atoms with Crippen LogP contribution in [0.25, 0.3) is 0 Å². The van der Waals surface area contributed by atoms with Crippen LogP contribution in [0.1, 0.15) is 26.2 Å². The van der Waals surface area contributed by atoms with Crippen LogP contribution in [0, 0.1) is 5.82 Å². The van der Waals surface area contributed by atoms with Crippen LogP contribution in [0.2, 0.25) is 0 Å². The van der Waals surface area contributed by atoms with E-state index in [-0.39, 0.29) is 35.7 Å². The van der Waals surface area contributed by atoms with Gasteiger partial charge >= 0.3 is 0 Å². The minimum absolute atomic E-state index is 0. The first-order valence-electron chi connectivity index (χ1n) is 10.6. The van der Waals surface area contributed by atoms with Gasteiger partial charge < -0.3 is 20.4 Å². The molecule has 0 saturated carbocycles. The number of guanidine groups is 1. The summed E-state index contributed by atoms with van der Waals surface area (Å²) in [5, 5.41) is 7.18. The number of piperazine rings is 1. The molecule has 2 heterocycles. The third-order valence-electron chi connectivity index (χ3n) is 5.28. The van der Waals surface area contributed by atoms with Gasteiger partial charge in [-0.1, -0.05) is 0 Å². The summed E-state index contributed by atoms with van der Waals surface area (Å²) in [6.07, 6.45) is 2.99. The summed E-state index contributed by atoms with van der Waals surface area (Å²) in [5.74, 6) is 1.98. The molecule has 3 rings (SSSR count). The molecule has 2 saturated heterocycles. The number of hydrogen-bond acceptors (Lipinski definition) is 4. The van der Waals surface area contributed by atoms with E-state index in [1.807, 2.05) is 23.6 Å². The predicted octanol–water partition coefficient (Wildman–Crippen LogP) is 2.93. The van der Waals surface area contributed by atoms with Gasteiger partial charge in [0.1, 0.15) is 5.82 Å². The van der Waals surface area contributed by atoms with Gasteiger partial charge in [0, 0.05) is 56.6 Å². The molecular weight excluding hydrogens is 516 g/mol. The molecule has 9 heteroatoms. The number of nitrogens with one attached hydrogen (secondary N) is 2. The lowest BCUT2D eigenvalue weighted by molar-refractivity contribution is -0.131. The Morgan fingerprint density at radius 1 is 1.20 bits per heavy atom. The first-order valence-corrected chi connectivity index (χ1v) is 11.6. The van der Waals surface area contributed by atoms with E-state index in [1.54, 1.807) is 12.1 Å². The van der Waals surface area contributed by atoms with E-state index < -0.39 is 0 Å². The van der Waals surface area contributed by atoms with Crippen LogP contribution in [-0.4, -0.2) is 73.6 Å². The molecule has 0 bridgehead atoms. The van der Waals surface area contributed by atoms with Crippen molar-refractivity contribution in [2.75, 3.05) is 56.5 Å². The number of carbonyl (C=O) groups excluding carboxylic acids is 1. The Labute approximate surface area is 200 Å². The molecule has 0 aliphatic carbocycles. The second kappa shape index (κ2) is 13.2. The largest absolute Gasteiger partial charge is 0.368 e. The minimum atomic E-state index is -0.225. The fourth-order valence-corrected chi connectivity index (χ4v) is 4.82. The maximum atomic E-state index is 13.1. The molecule has 2 aliphatic rings. The molecular formula is C21H33FIN5OS. The van der Waals surface area contributed by atoms with Gasteiger partial charge in [0.25, 0.3) is 0 Å². The van der Waals surface area contributed by atoms with Crippen molar-refractivity contribution in [2.45, 2.75) is 31.4 Å². The summed E-state index contributed by atoms with van der Waals surface area (Å²) in [7, 11) is 0. The summed E-state index contributed by atoms with van der Waals surface area (Å²) in [5.41, 5.74) is 1.01. The van der Waals surface area contributed by atoms with Crippen LogP contribution in [0.5, 0.6) is 0 Å². The Bertz CT molecular complexity index is 676. The maximum Gasteiger partial charge on any atom is 0.224 e. The third-order valence-corrected chi connectivity index (χ3v) is 6.66. The van der Waals surface area contributed by atoms with Crippen LogP contribution in [0.15, 0.2) is 29.3 Å². The van der Waals surface area contributed by atoms with Crippen molar-refractivity contribution in [3.8, 4) is 0 Å². The van der Waals surface area contributed by atoms with Gasteiger partial charge in [-0.15, -0.1) is 24.0 Å². The van der Waals surface area contributed by atoms with Gasteiger partial charge in [0.05, 0.1) is 6.54 Å². The molecule has 1 unspecified atom stereocenters. The molecule has 1 aromatic rings. The van der Waals surface area contributed by atoms with Gasteiger partial charge in [-0.3, -0.25) is 9.79 Å². The lowest BCUT2D eigenvalue weighted by atomic mass is 10.2. The first kappa shape index (κ1) is 25.0. The summed E-state index contributed by atoms with van der Waals surface area (Å²) in [4.78, 5) is 21.3. The Kier molecular flexibility index (Phi) is 11.0. The number of thioether (sulfide) groups is 1. The highest BCUT2D eigenvalue weighted by Crippen LogP contribution is 2.26. The molecule has 1 aromatic carbocycles. The summed E-state index contributed by atoms with van der Waals surface area (Å²) in [6, 6.07) is 6.55. The number of aliphatic imine (C=N–C) groups is 1. The fourth-order valence-electron chi connectivity index (χ4n) is 3.64. The number of anilines is 1. The number of carbonyl (C=O) groups is 1. The average Bonchev–Trinajstić information content (AvgIpc) is 3.26. The Morgan fingerprint density at radius 2 is 1.93 bits per heavy atom. The van der Waals surface area contributed by atoms with Crippen molar-refractivity contribution >= 4 is 53.3 Å². The zero-order chi connectivity index (χ0) is 20.5. The Morgan fingerprint density at radius 3 is 2.57 bits per heavy atom. The van der Waals surface area contributed by atoms with E-state index in [0.29, 0.717) is 31.3 Å². The highest BCUT2D eigenvalue weighted by atomic mass is 127. The van der Waals surface area contributed by atoms with Crippen molar-refractivity contribution in [1.82, 2.24) is 15.5 Å². The summed E-state index contributed by atoms with van der Waals surface area (Å²) < 4.78 is 13.1. The quantitative estimate of drug-likeness (QED) is 0.311. The monoisotopic (exact) mass is 549 g/mol. The zero-order valence-electron chi connectivity index (χ0n) is 17.6. The van der Waals surface area contributed by atoms with Crippen molar-refractivity contribution in [3.63, 3.8) is 0 Å². The Hall–Kier alpha value is -1.23. The van der Waals surface area contributed by atoms with E-state index in [4.69, 9.17) is 0 Å². The van der Waals surface area contributed by atoms with Gasteiger partial charge in [0.15, 0.2) is 5.96 Å². The molecule has 168 valence electrons. The van der Waals surface area contributed by atoms with Gasteiger partial charge in [-0.25, -0.2) is 4.39 Å². The first-order chi connectivity index (χ1) is 14.2. The molecule has 30 heavy (non-hydrogen) atoms. The molecule has 6 nitrogen and oxygen atoms in total. The van der Waals surface area contributed by atoms with E-state index in [0.717, 1.165) is 37.8 Å². The highest BCUT2D eigenvalue weighted by molar-refractivity contribution is 14.0. The van der Waals surface area contributed by atoms with Crippen LogP contribution in [-0.2, 0) is 4.79 Å². The van der Waals surface area contributed by atoms with Gasteiger partial charge in [-0.2, -0.15) is 11.8 Å². The van der Waals surface area contributed by atoms with Crippen LogP contribution < -0.4 is 15.5 Å². The van der Waals surface area contributed by atoms with Crippen molar-refractivity contribution in [3.05, 3.63) is 30.1 Å². The number of rotatable bonds is 7. The second-order valence-electron chi connectivity index (χ2n) is 7.38. The van der Waals surface area contributed by atoms with Gasteiger partial charge in [0.2, 0.25) is 5.91 Å². The fraction of sp³-hybridized carbons (Fsp3) is 0.619. The maximum absolute atomic E-state index is 13.1. The van der Waals surface area contributed by atoms with Crippen LogP contribution >= 0.6 is 35.7 Å². The number of hydrogen-bond donors (Lipinski definition) is 2. The van der Waals surface area contributed by atoms with Crippen molar-refractivity contribution < 1.29 is 9.18 Å². The molecule has 2 fully saturated rings. The molecule has 2 aliphatic heterocycles. The molecule has 2 N–H and O–H groups in total. The van der Waals surface area contributed by atoms with Gasteiger partial charge in [-0.05, 0) is 49.8 Å². The molecule has 0 aromatic heterocycles. The number of nitrogens with zero attached hydrogens (tertiary/aromatic N) is 3. The molecule has 1 atom stereocenters. The summed E-state index contributed by atoms with van der Waals surface area (Å²) in [6.45, 7) is 7.21. The Balaban J connectivity index is 0.00000320. The van der Waals surface area contributed by atoms with E-state index >= 15 is 0 Å². The third kappa shape index (κ3) is 7.79. The topological polar surface area (TPSA) is 60.0 Å². The molecule has 1 amide bonds. The number of benzene rings is 1. The van der Waals surface area contributed by atoms with Crippen molar-refractivity contribution in [2.24, 2.45) is 4.99 Å². The van der Waals surface area contributed by atoms with E-state index in [2.05, 4.69) is 20.5 Å². The van der Waals surface area contributed by atoms with Crippen molar-refractivity contribution in [1.29, 1.82) is 0 Å². The number of amides is 1. The van der Waals surface area contributed by atoms with E-state index in [9.17, 15) is 9.18 Å². The smallest absolute Gasteiger partial charge is 0.224 e. The zero-order valence-corrected chi connectivity index (χ0v) is 20.8.